The van der Waals surface area contributed by atoms with Crippen LogP contribution in [0.15, 0.2) is 53.9 Å². The van der Waals surface area contributed by atoms with Gasteiger partial charge in [-0.25, -0.2) is 19.6 Å². The molecule has 3 aromatic rings. The maximum atomic E-state index is 14.5. The van der Waals surface area contributed by atoms with Gasteiger partial charge in [0.25, 0.3) is 0 Å². The van der Waals surface area contributed by atoms with Crippen LogP contribution < -0.4 is 15.4 Å². The first-order chi connectivity index (χ1) is 24.7. The smallest absolute Gasteiger partial charge is 0.408 e. The van der Waals surface area contributed by atoms with Crippen molar-refractivity contribution in [1.82, 2.24) is 25.5 Å². The number of benzene rings is 1. The van der Waals surface area contributed by atoms with Gasteiger partial charge in [0.05, 0.1) is 28.0 Å². The van der Waals surface area contributed by atoms with Gasteiger partial charge in [-0.2, -0.15) is 0 Å². The molecule has 0 bridgehead atoms. The van der Waals surface area contributed by atoms with Gasteiger partial charge >= 0.3 is 12.1 Å². The van der Waals surface area contributed by atoms with Crippen molar-refractivity contribution >= 4 is 46.2 Å². The molecule has 270 valence electrons. The van der Waals surface area contributed by atoms with Gasteiger partial charge in [0.2, 0.25) is 17.7 Å². The Morgan fingerprint density at radius 1 is 1.00 bits per heavy atom. The Balaban J connectivity index is 1.20. The van der Waals surface area contributed by atoms with E-state index in [1.54, 1.807) is 0 Å². The van der Waals surface area contributed by atoms with E-state index in [4.69, 9.17) is 19.4 Å². The van der Waals surface area contributed by atoms with E-state index in [9.17, 15) is 29.4 Å². The standard InChI is InChI=1S/C37H43N5O8S/c43-31(35(46)47)37-20-22(37)11-4-2-1-3-5-16-27(40-36(48)50-23-12-6-7-13-23)34(45)42-21-24(19-28(42)32(44)41-37)49-33-30(29-17-10-18-51-29)38-25-14-8-9-15-26(25)39-33/h4,8-11,14-15,17-18,22-24,27-28,31,43H,1-3,5-7,12-13,16,19-21H2,(H,40,48)(H,41,44)(H,46,47)/t22?,24-,27-,28+,31?,37+/m1/s1. The van der Waals surface area contributed by atoms with Gasteiger partial charge in [-0.3, -0.25) is 9.59 Å². The number of aliphatic carboxylic acids is 1. The van der Waals surface area contributed by atoms with Gasteiger partial charge < -0.3 is 35.2 Å². The van der Waals surface area contributed by atoms with Crippen molar-refractivity contribution < 1.29 is 38.9 Å². The summed E-state index contributed by atoms with van der Waals surface area (Å²) in [7, 11) is 0. The largest absolute Gasteiger partial charge is 0.479 e. The van der Waals surface area contributed by atoms with Crippen LogP contribution in [0.4, 0.5) is 4.79 Å². The highest BCUT2D eigenvalue weighted by Crippen LogP contribution is 2.48. The first-order valence-corrected chi connectivity index (χ1v) is 18.7. The number of alkyl carbamates (subject to hydrolysis) is 1. The molecule has 2 aromatic heterocycles. The highest BCUT2D eigenvalue weighted by Gasteiger charge is 2.62. The van der Waals surface area contributed by atoms with Gasteiger partial charge in [0, 0.05) is 12.3 Å². The summed E-state index contributed by atoms with van der Waals surface area (Å²) in [5.41, 5.74) is 0.438. The number of ether oxygens (including phenoxy) is 2. The fourth-order valence-electron chi connectivity index (χ4n) is 7.62. The fourth-order valence-corrected chi connectivity index (χ4v) is 8.32. The lowest BCUT2D eigenvalue weighted by atomic mass is 10.0. The molecule has 51 heavy (non-hydrogen) atoms. The number of aliphatic hydroxyl groups is 1. The number of carboxylic acid groups (broad SMARTS) is 1. The molecule has 4 heterocycles. The van der Waals surface area contributed by atoms with E-state index < -0.39 is 53.7 Å². The summed E-state index contributed by atoms with van der Waals surface area (Å²) in [5, 5.41) is 28.2. The monoisotopic (exact) mass is 717 g/mol. The first kappa shape index (κ1) is 34.9. The van der Waals surface area contributed by atoms with Gasteiger partial charge in [0.1, 0.15) is 30.0 Å². The molecule has 4 N–H and O–H groups in total. The highest BCUT2D eigenvalue weighted by atomic mass is 32.1. The molecule has 0 spiro atoms. The molecular weight excluding hydrogens is 675 g/mol. The van der Waals surface area contributed by atoms with E-state index in [2.05, 4.69) is 10.6 Å². The Kier molecular flexibility index (Phi) is 10.2. The maximum Gasteiger partial charge on any atom is 0.408 e. The van der Waals surface area contributed by atoms with Crippen LogP contribution in [0.3, 0.4) is 0 Å². The van der Waals surface area contributed by atoms with Crippen molar-refractivity contribution in [3.8, 4) is 16.5 Å². The van der Waals surface area contributed by atoms with E-state index in [0.717, 1.165) is 49.8 Å². The topological polar surface area (TPSA) is 180 Å². The van der Waals surface area contributed by atoms with Crippen LogP contribution in [-0.2, 0) is 19.1 Å². The van der Waals surface area contributed by atoms with Crippen LogP contribution in [0.5, 0.6) is 5.88 Å². The number of carboxylic acids is 1. The van der Waals surface area contributed by atoms with E-state index >= 15 is 0 Å². The minimum atomic E-state index is -1.84. The fraction of sp³-hybridized carbons (Fsp3) is 0.514. The number of para-hydroxylation sites is 2. The van der Waals surface area contributed by atoms with Gasteiger partial charge in [0.15, 0.2) is 6.10 Å². The SMILES string of the molecule is O=C(N[C@@H]1CCCCCC=CC2C[C@]2(C(O)C(=O)O)NC(=O)[C@@H]2C[C@@H](Oc3nc4ccccc4nc3-c3cccs3)CN2C1=O)OC1CCCC1. The van der Waals surface area contributed by atoms with Crippen LogP contribution in [0.1, 0.15) is 70.6 Å². The zero-order valence-corrected chi connectivity index (χ0v) is 29.1. The van der Waals surface area contributed by atoms with Crippen molar-refractivity contribution in [3.63, 3.8) is 0 Å². The molecule has 0 radical (unpaired) electrons. The molecule has 13 nitrogen and oxygen atoms in total. The number of allylic oxidation sites excluding steroid dienone is 1. The molecule has 2 aliphatic carbocycles. The van der Waals surface area contributed by atoms with E-state index in [0.29, 0.717) is 29.6 Å². The normalized spacial score (nSPS) is 27.8. The average molecular weight is 718 g/mol. The van der Waals surface area contributed by atoms with E-state index in [-0.39, 0.29) is 37.3 Å². The second kappa shape index (κ2) is 15.0. The summed E-state index contributed by atoms with van der Waals surface area (Å²) >= 11 is 1.48. The second-order valence-electron chi connectivity index (χ2n) is 14.0. The Morgan fingerprint density at radius 2 is 1.76 bits per heavy atom. The summed E-state index contributed by atoms with van der Waals surface area (Å²) in [6.07, 6.45) is 7.59. The minimum Gasteiger partial charge on any atom is -0.479 e. The van der Waals surface area contributed by atoms with Gasteiger partial charge in [-0.05, 0) is 74.9 Å². The lowest BCUT2D eigenvalue weighted by molar-refractivity contribution is -0.150. The van der Waals surface area contributed by atoms with Crippen molar-refractivity contribution in [1.29, 1.82) is 0 Å². The average Bonchev–Trinajstić information content (AvgIpc) is 3.62. The Labute approximate surface area is 299 Å². The Morgan fingerprint density at radius 3 is 2.51 bits per heavy atom. The van der Waals surface area contributed by atoms with Crippen molar-refractivity contribution in [3.05, 3.63) is 53.9 Å². The number of thiophene rings is 1. The summed E-state index contributed by atoms with van der Waals surface area (Å²) in [6.45, 7) is 0.00295. The number of aromatic nitrogens is 2. The molecule has 4 aliphatic rings. The van der Waals surface area contributed by atoms with Crippen LogP contribution in [-0.4, -0.2) is 91.4 Å². The molecule has 14 heteroatoms. The van der Waals surface area contributed by atoms with Crippen molar-refractivity contribution in [2.24, 2.45) is 5.92 Å². The number of hydrogen-bond donors (Lipinski definition) is 4. The van der Waals surface area contributed by atoms with E-state index in [1.807, 2.05) is 53.9 Å². The summed E-state index contributed by atoms with van der Waals surface area (Å²) in [5.74, 6) is -2.62. The lowest BCUT2D eigenvalue weighted by Gasteiger charge is -2.30. The van der Waals surface area contributed by atoms with Crippen LogP contribution in [0, 0.1) is 5.92 Å². The number of aliphatic hydroxyl groups excluding tert-OH is 1. The number of carbonyl (C=O) groups is 4. The predicted octanol–water partition coefficient (Wildman–Crippen LogP) is 4.58. The number of rotatable bonds is 7. The van der Waals surface area contributed by atoms with E-state index in [1.165, 1.54) is 16.2 Å². The van der Waals surface area contributed by atoms with Crippen LogP contribution in [0.2, 0.25) is 0 Å². The third kappa shape index (κ3) is 7.57. The molecule has 2 saturated carbocycles. The molecule has 2 unspecified atom stereocenters. The minimum absolute atomic E-state index is 0.00295. The molecular formula is C37H43N5O8S. The first-order valence-electron chi connectivity index (χ1n) is 17.9. The number of hydrogen-bond acceptors (Lipinski definition) is 10. The quantitative estimate of drug-likeness (QED) is 0.253. The molecule has 1 saturated heterocycles. The predicted molar refractivity (Wildman–Crippen MR) is 188 cm³/mol. The third-order valence-corrected chi connectivity index (χ3v) is 11.3. The molecule has 7 rings (SSSR count). The second-order valence-corrected chi connectivity index (χ2v) is 14.9. The molecule has 6 atom stereocenters. The number of nitrogens with one attached hydrogen (secondary N) is 2. The molecule has 3 fully saturated rings. The summed E-state index contributed by atoms with van der Waals surface area (Å²) in [4.78, 5) is 65.6. The Hall–Kier alpha value is -4.56. The molecule has 1 aromatic carbocycles. The molecule has 3 amide bonds. The Bertz CT molecular complexity index is 1800. The highest BCUT2D eigenvalue weighted by molar-refractivity contribution is 7.13. The lowest BCUT2D eigenvalue weighted by Crippen LogP contribution is -2.58. The molecule has 2 aliphatic heterocycles. The van der Waals surface area contributed by atoms with Crippen molar-refractivity contribution in [2.45, 2.75) is 107 Å². The van der Waals surface area contributed by atoms with Crippen molar-refractivity contribution in [2.75, 3.05) is 6.54 Å². The zero-order chi connectivity index (χ0) is 35.5. The summed E-state index contributed by atoms with van der Waals surface area (Å²) in [6, 6.07) is 9.22. The van der Waals surface area contributed by atoms with Gasteiger partial charge in [-0.1, -0.05) is 43.2 Å². The summed E-state index contributed by atoms with van der Waals surface area (Å²) < 4.78 is 12.2. The van der Waals surface area contributed by atoms with Crippen LogP contribution in [0.25, 0.3) is 21.6 Å². The number of carbonyl (C=O) groups excluding carboxylic acids is 3. The third-order valence-electron chi connectivity index (χ3n) is 10.5. The zero-order valence-electron chi connectivity index (χ0n) is 28.2. The number of nitrogens with zero attached hydrogens (tertiary/aromatic N) is 3. The van der Waals surface area contributed by atoms with Crippen LogP contribution >= 0.6 is 11.3 Å². The number of amides is 3. The van der Waals surface area contributed by atoms with Gasteiger partial charge in [-0.15, -0.1) is 11.3 Å². The maximum absolute atomic E-state index is 14.5. The number of fused-ring (bicyclic) bond motifs is 3.